The Hall–Kier alpha value is -1.91. The van der Waals surface area contributed by atoms with Gasteiger partial charge in [0.05, 0.1) is 18.2 Å². The van der Waals surface area contributed by atoms with E-state index in [0.29, 0.717) is 11.7 Å². The van der Waals surface area contributed by atoms with Crippen molar-refractivity contribution in [3.05, 3.63) is 24.0 Å². The number of carbonyl (C=O) groups is 1. The third-order valence-corrected chi connectivity index (χ3v) is 2.72. The third-order valence-electron chi connectivity index (χ3n) is 2.72. The quantitative estimate of drug-likeness (QED) is 0.835. The molecule has 0 atom stereocenters. The van der Waals surface area contributed by atoms with Crippen LogP contribution in [0.3, 0.4) is 0 Å². The number of aryl methyl sites for hydroxylation is 1. The molecule has 0 saturated carbocycles. The summed E-state index contributed by atoms with van der Waals surface area (Å²) in [6.45, 7) is 7.43. The van der Waals surface area contributed by atoms with E-state index in [0.717, 1.165) is 11.3 Å². The normalized spacial score (nSPS) is 11.8. The van der Waals surface area contributed by atoms with Crippen molar-refractivity contribution in [3.63, 3.8) is 0 Å². The maximum absolute atomic E-state index is 11.9. The molecule has 5 heteroatoms. The topological polar surface area (TPSA) is 69.1 Å². The van der Waals surface area contributed by atoms with E-state index in [2.05, 4.69) is 10.1 Å². The molecule has 18 heavy (non-hydrogen) atoms. The summed E-state index contributed by atoms with van der Waals surface area (Å²) in [4.78, 5) is 16.1. The molecular weight excluding hydrogens is 232 g/mol. The van der Waals surface area contributed by atoms with E-state index < -0.39 is 5.41 Å². The molecule has 2 rings (SSSR count). The summed E-state index contributed by atoms with van der Waals surface area (Å²) in [6.07, 6.45) is 1.73. The lowest BCUT2D eigenvalue weighted by Crippen LogP contribution is -2.22. The first-order valence-corrected chi connectivity index (χ1v) is 5.78. The van der Waals surface area contributed by atoms with Gasteiger partial charge in [-0.1, -0.05) is 25.9 Å². The van der Waals surface area contributed by atoms with Crippen LogP contribution in [-0.4, -0.2) is 15.9 Å². The molecule has 0 aliphatic rings. The third kappa shape index (κ3) is 2.50. The van der Waals surface area contributed by atoms with Gasteiger partial charge in [-0.2, -0.15) is 4.98 Å². The Morgan fingerprint density at radius 2 is 2.11 bits per heavy atom. The van der Waals surface area contributed by atoms with Gasteiger partial charge >= 0.3 is 0 Å². The molecule has 0 saturated heterocycles. The van der Waals surface area contributed by atoms with Crippen LogP contribution in [0.15, 0.2) is 21.3 Å². The summed E-state index contributed by atoms with van der Waals surface area (Å²) in [5, 5.41) is 3.86. The van der Waals surface area contributed by atoms with Crippen molar-refractivity contribution < 1.29 is 13.7 Å². The van der Waals surface area contributed by atoms with Crippen molar-refractivity contribution in [1.29, 1.82) is 0 Å². The van der Waals surface area contributed by atoms with Gasteiger partial charge in [0, 0.05) is 5.41 Å². The van der Waals surface area contributed by atoms with Gasteiger partial charge in [-0.3, -0.25) is 4.79 Å². The van der Waals surface area contributed by atoms with Crippen LogP contribution in [-0.2, 0) is 11.2 Å². The molecule has 2 heterocycles. The van der Waals surface area contributed by atoms with Gasteiger partial charge in [0.1, 0.15) is 11.5 Å². The Balaban J connectivity index is 2.17. The lowest BCUT2D eigenvalue weighted by atomic mass is 9.89. The highest BCUT2D eigenvalue weighted by Crippen LogP contribution is 2.22. The van der Waals surface area contributed by atoms with Crippen LogP contribution < -0.4 is 0 Å². The first kappa shape index (κ1) is 12.5. The van der Waals surface area contributed by atoms with Gasteiger partial charge in [-0.25, -0.2) is 0 Å². The van der Waals surface area contributed by atoms with Gasteiger partial charge in [0.25, 0.3) is 0 Å². The van der Waals surface area contributed by atoms with Crippen molar-refractivity contribution in [2.24, 2.45) is 5.41 Å². The molecule has 96 valence electrons. The number of Topliss-reactive ketones (excluding diaryl/α,β-unsaturated/α-hetero) is 1. The molecule has 0 radical (unpaired) electrons. The maximum Gasteiger partial charge on any atom is 0.234 e. The average molecular weight is 248 g/mol. The van der Waals surface area contributed by atoms with E-state index >= 15 is 0 Å². The molecule has 0 unspecified atom stereocenters. The largest absolute Gasteiger partial charge is 0.469 e. The lowest BCUT2D eigenvalue weighted by molar-refractivity contribution is -0.125. The lowest BCUT2D eigenvalue weighted by Gasteiger charge is -2.14. The fraction of sp³-hybridized carbons (Fsp3) is 0.462. The predicted molar refractivity (Wildman–Crippen MR) is 64.9 cm³/mol. The number of ketones is 1. The first-order chi connectivity index (χ1) is 8.38. The van der Waals surface area contributed by atoms with Gasteiger partial charge < -0.3 is 8.94 Å². The molecule has 5 nitrogen and oxygen atoms in total. The number of carbonyl (C=O) groups excluding carboxylic acids is 1. The minimum absolute atomic E-state index is 0.0709. The molecule has 0 fully saturated rings. The zero-order valence-electron chi connectivity index (χ0n) is 11.0. The van der Waals surface area contributed by atoms with E-state index in [1.54, 1.807) is 12.3 Å². The predicted octanol–water partition coefficient (Wildman–Crippen LogP) is 2.80. The Morgan fingerprint density at radius 1 is 1.39 bits per heavy atom. The van der Waals surface area contributed by atoms with Crippen LogP contribution in [0.4, 0.5) is 0 Å². The number of furan rings is 1. The highest BCUT2D eigenvalue weighted by Gasteiger charge is 2.24. The van der Waals surface area contributed by atoms with Crippen molar-refractivity contribution in [1.82, 2.24) is 10.1 Å². The number of hydrogen-bond acceptors (Lipinski definition) is 5. The highest BCUT2D eigenvalue weighted by molar-refractivity contribution is 5.85. The summed E-state index contributed by atoms with van der Waals surface area (Å²) in [7, 11) is 0. The number of nitrogens with zero attached hydrogens (tertiary/aromatic N) is 2. The molecule has 0 aliphatic heterocycles. The smallest absolute Gasteiger partial charge is 0.234 e. The van der Waals surface area contributed by atoms with Crippen LogP contribution in [0, 0.1) is 12.3 Å². The molecule has 0 bridgehead atoms. The number of aromatic nitrogens is 2. The SMILES string of the molecule is Cc1occc1-c1noc(CC(=O)C(C)(C)C)n1. The average Bonchev–Trinajstić information content (AvgIpc) is 2.85. The van der Waals surface area contributed by atoms with Gasteiger partial charge in [-0.15, -0.1) is 0 Å². The Bertz CT molecular complexity index is 561. The van der Waals surface area contributed by atoms with Gasteiger partial charge in [0.15, 0.2) is 0 Å². The molecule has 2 aromatic rings. The second-order valence-corrected chi connectivity index (χ2v) is 5.25. The van der Waals surface area contributed by atoms with Crippen LogP contribution >= 0.6 is 0 Å². The number of rotatable bonds is 3. The Labute approximate surface area is 105 Å². The monoisotopic (exact) mass is 248 g/mol. The van der Waals surface area contributed by atoms with Crippen molar-refractivity contribution in [3.8, 4) is 11.4 Å². The molecule has 0 aromatic carbocycles. The number of hydrogen-bond donors (Lipinski definition) is 0. The maximum atomic E-state index is 11.9. The second-order valence-electron chi connectivity index (χ2n) is 5.25. The summed E-state index contributed by atoms with van der Waals surface area (Å²) < 4.78 is 10.3. The zero-order valence-corrected chi connectivity index (χ0v) is 11.0. The molecule has 0 amide bonds. The molecule has 2 aromatic heterocycles. The van der Waals surface area contributed by atoms with E-state index in [4.69, 9.17) is 8.94 Å². The minimum Gasteiger partial charge on any atom is -0.469 e. The summed E-state index contributed by atoms with van der Waals surface area (Å²) >= 11 is 0. The van der Waals surface area contributed by atoms with Crippen LogP contribution in [0.1, 0.15) is 32.4 Å². The van der Waals surface area contributed by atoms with Gasteiger partial charge in [-0.05, 0) is 13.0 Å². The molecule has 0 aliphatic carbocycles. The molecule has 0 spiro atoms. The van der Waals surface area contributed by atoms with Crippen LogP contribution in [0.2, 0.25) is 0 Å². The standard InChI is InChI=1S/C13H16N2O3/c1-8-9(5-6-17-8)12-14-11(18-15-12)7-10(16)13(2,3)4/h5-6H,7H2,1-4H3. The van der Waals surface area contributed by atoms with Crippen LogP contribution in [0.5, 0.6) is 0 Å². The molecular formula is C13H16N2O3. The minimum atomic E-state index is -0.403. The fourth-order valence-electron chi connectivity index (χ4n) is 1.46. The Morgan fingerprint density at radius 3 is 2.67 bits per heavy atom. The van der Waals surface area contributed by atoms with E-state index in [1.807, 2.05) is 27.7 Å². The van der Waals surface area contributed by atoms with Crippen LogP contribution in [0.25, 0.3) is 11.4 Å². The zero-order chi connectivity index (χ0) is 13.3. The molecule has 0 N–H and O–H groups in total. The van der Waals surface area contributed by atoms with Gasteiger partial charge in [0.2, 0.25) is 11.7 Å². The summed E-state index contributed by atoms with van der Waals surface area (Å²) in [6, 6.07) is 1.77. The second kappa shape index (κ2) is 4.40. The fourth-order valence-corrected chi connectivity index (χ4v) is 1.46. The van der Waals surface area contributed by atoms with E-state index in [-0.39, 0.29) is 12.2 Å². The first-order valence-electron chi connectivity index (χ1n) is 5.78. The van der Waals surface area contributed by atoms with E-state index in [9.17, 15) is 4.79 Å². The van der Waals surface area contributed by atoms with Crippen molar-refractivity contribution >= 4 is 5.78 Å². The van der Waals surface area contributed by atoms with E-state index in [1.165, 1.54) is 0 Å². The highest BCUT2D eigenvalue weighted by atomic mass is 16.5. The van der Waals surface area contributed by atoms with Crippen molar-refractivity contribution in [2.75, 3.05) is 0 Å². The summed E-state index contributed by atoms with van der Waals surface area (Å²) in [5.41, 5.74) is 0.383. The van der Waals surface area contributed by atoms with Crippen molar-refractivity contribution in [2.45, 2.75) is 34.1 Å². The Kier molecular flexibility index (Phi) is 3.07. The summed E-state index contributed by atoms with van der Waals surface area (Å²) in [5.74, 6) is 1.59.